The summed E-state index contributed by atoms with van der Waals surface area (Å²) in [5, 5.41) is 4.63. The van der Waals surface area contributed by atoms with Crippen LogP contribution in [0.4, 0.5) is 19.0 Å². The first-order valence-electron chi connectivity index (χ1n) is 10.4. The van der Waals surface area contributed by atoms with Crippen molar-refractivity contribution in [3.05, 3.63) is 29.6 Å². The van der Waals surface area contributed by atoms with E-state index in [1.165, 1.54) is 6.20 Å². The van der Waals surface area contributed by atoms with Crippen LogP contribution in [-0.4, -0.2) is 40.2 Å². The summed E-state index contributed by atoms with van der Waals surface area (Å²) in [6.45, 7) is 5.44. The zero-order valence-corrected chi connectivity index (χ0v) is 16.9. The van der Waals surface area contributed by atoms with Crippen molar-refractivity contribution in [2.45, 2.75) is 57.0 Å². The highest BCUT2D eigenvalue weighted by Gasteiger charge is 2.58. The Bertz CT molecular complexity index is 942. The lowest BCUT2D eigenvalue weighted by Crippen LogP contribution is -2.38. The molecule has 0 aromatic carbocycles. The second-order valence-electron chi connectivity index (χ2n) is 8.89. The van der Waals surface area contributed by atoms with Crippen molar-refractivity contribution in [3.8, 4) is 11.3 Å². The third kappa shape index (κ3) is 3.37. The van der Waals surface area contributed by atoms with Crippen molar-refractivity contribution in [2.75, 3.05) is 18.9 Å². The van der Waals surface area contributed by atoms with Crippen LogP contribution in [0.2, 0.25) is 0 Å². The van der Waals surface area contributed by atoms with E-state index in [-0.39, 0.29) is 18.2 Å². The predicted octanol–water partition coefficient (Wildman–Crippen LogP) is 4.03. The van der Waals surface area contributed by atoms with Gasteiger partial charge in [-0.25, -0.2) is 4.98 Å². The van der Waals surface area contributed by atoms with Gasteiger partial charge in [0.15, 0.2) is 0 Å². The van der Waals surface area contributed by atoms with Gasteiger partial charge in [-0.05, 0) is 50.7 Å². The maximum Gasteiger partial charge on any atom is 0.419 e. The Balaban J connectivity index is 1.38. The molecule has 162 valence electrons. The number of fused-ring (bicyclic) bond motifs is 1. The molecule has 2 unspecified atom stereocenters. The highest BCUT2D eigenvalue weighted by atomic mass is 19.4. The molecule has 2 aromatic heterocycles. The number of ether oxygens (including phenoxy) is 2. The van der Waals surface area contributed by atoms with E-state index in [0.717, 1.165) is 24.6 Å². The SMILES string of the molecule is CC(C)n1nc(-c2cnc(N)c(C(F)(F)F)c2)cc1C1[C@H]2CC(OC3COC3)C[C@@H]12. The van der Waals surface area contributed by atoms with E-state index >= 15 is 0 Å². The molecule has 9 heteroatoms. The Labute approximate surface area is 172 Å². The molecule has 0 amide bonds. The van der Waals surface area contributed by atoms with Crippen molar-refractivity contribution in [1.82, 2.24) is 14.8 Å². The van der Waals surface area contributed by atoms with Crippen LogP contribution in [0.3, 0.4) is 0 Å². The van der Waals surface area contributed by atoms with E-state index in [1.54, 1.807) is 0 Å². The lowest BCUT2D eigenvalue weighted by atomic mass is 10.0. The molecule has 0 spiro atoms. The van der Waals surface area contributed by atoms with Gasteiger partial charge in [0.05, 0.1) is 30.6 Å². The van der Waals surface area contributed by atoms with Gasteiger partial charge >= 0.3 is 6.18 Å². The molecule has 1 aliphatic heterocycles. The summed E-state index contributed by atoms with van der Waals surface area (Å²) in [7, 11) is 0. The van der Waals surface area contributed by atoms with Crippen molar-refractivity contribution < 1.29 is 22.6 Å². The quantitative estimate of drug-likeness (QED) is 0.787. The molecule has 3 heterocycles. The van der Waals surface area contributed by atoms with Gasteiger partial charge in [0.2, 0.25) is 0 Å². The third-order valence-electron chi connectivity index (χ3n) is 6.51. The molecular formula is C21H25F3N4O2. The number of hydrogen-bond donors (Lipinski definition) is 1. The van der Waals surface area contributed by atoms with E-state index in [1.807, 2.05) is 24.6 Å². The molecule has 2 aromatic rings. The van der Waals surface area contributed by atoms with Gasteiger partial charge in [-0.15, -0.1) is 0 Å². The van der Waals surface area contributed by atoms with E-state index < -0.39 is 17.6 Å². The minimum absolute atomic E-state index is 0.109. The van der Waals surface area contributed by atoms with Gasteiger partial charge in [-0.3, -0.25) is 4.68 Å². The van der Waals surface area contributed by atoms with Crippen LogP contribution in [0.25, 0.3) is 11.3 Å². The van der Waals surface area contributed by atoms with E-state index in [4.69, 9.17) is 15.2 Å². The maximum absolute atomic E-state index is 13.2. The number of nitrogens with zero attached hydrogens (tertiary/aromatic N) is 3. The Hall–Kier alpha value is -2.13. The molecule has 2 N–H and O–H groups in total. The zero-order chi connectivity index (χ0) is 21.2. The van der Waals surface area contributed by atoms with E-state index in [9.17, 15) is 13.2 Å². The highest BCUT2D eigenvalue weighted by molar-refractivity contribution is 5.63. The Morgan fingerprint density at radius 2 is 1.87 bits per heavy atom. The Morgan fingerprint density at radius 1 is 1.17 bits per heavy atom. The van der Waals surface area contributed by atoms with Gasteiger partial charge in [0.1, 0.15) is 11.9 Å². The second-order valence-corrected chi connectivity index (χ2v) is 8.89. The highest BCUT2D eigenvalue weighted by Crippen LogP contribution is 2.64. The molecule has 6 nitrogen and oxygen atoms in total. The second kappa shape index (κ2) is 6.95. The average Bonchev–Trinajstić information content (AvgIpc) is 3.00. The first-order chi connectivity index (χ1) is 14.2. The van der Waals surface area contributed by atoms with Gasteiger partial charge in [0, 0.05) is 29.4 Å². The molecule has 4 atom stereocenters. The van der Waals surface area contributed by atoms with Crippen LogP contribution in [0, 0.1) is 11.8 Å². The molecule has 2 saturated carbocycles. The number of halogens is 3. The largest absolute Gasteiger partial charge is 0.419 e. The molecule has 3 fully saturated rings. The molecule has 3 aliphatic rings. The number of alkyl halides is 3. The standard InChI is InChI=1S/C21H25F3N4O2/c1-10(2)28-18(19-14-4-12(5-15(14)19)30-13-8-29-9-13)6-17(27-28)11-3-16(21(22,23)24)20(25)26-7-11/h3,6-7,10,12-15,19H,4-5,8-9H2,1-2H3,(H2,25,26)/t12?,14-,15+,19?. The number of nitrogens with two attached hydrogens (primary N) is 1. The predicted molar refractivity (Wildman–Crippen MR) is 104 cm³/mol. The van der Waals surface area contributed by atoms with Crippen LogP contribution in [0.5, 0.6) is 0 Å². The number of aromatic nitrogens is 3. The maximum atomic E-state index is 13.2. The molecule has 30 heavy (non-hydrogen) atoms. The Morgan fingerprint density at radius 3 is 2.43 bits per heavy atom. The normalized spacial score (nSPS) is 28.6. The van der Waals surface area contributed by atoms with Crippen LogP contribution >= 0.6 is 0 Å². The molecule has 0 bridgehead atoms. The van der Waals surface area contributed by atoms with Gasteiger partial charge in [-0.2, -0.15) is 18.3 Å². The smallest absolute Gasteiger partial charge is 0.383 e. The lowest BCUT2D eigenvalue weighted by molar-refractivity contribution is -0.154. The van der Waals surface area contributed by atoms with Crippen molar-refractivity contribution in [2.24, 2.45) is 11.8 Å². The van der Waals surface area contributed by atoms with Crippen LogP contribution in [0.15, 0.2) is 18.3 Å². The number of nitrogen functional groups attached to an aromatic ring is 1. The van der Waals surface area contributed by atoms with E-state index in [2.05, 4.69) is 10.1 Å². The summed E-state index contributed by atoms with van der Waals surface area (Å²) in [6, 6.07) is 3.07. The van der Waals surface area contributed by atoms with Crippen LogP contribution < -0.4 is 5.73 Å². The fraction of sp³-hybridized carbons (Fsp3) is 0.619. The summed E-state index contributed by atoms with van der Waals surface area (Å²) >= 11 is 0. The summed E-state index contributed by atoms with van der Waals surface area (Å²) in [5.41, 5.74) is 6.43. The fourth-order valence-corrected chi connectivity index (χ4v) is 4.96. The summed E-state index contributed by atoms with van der Waals surface area (Å²) < 4.78 is 52.9. The topological polar surface area (TPSA) is 75.2 Å². The van der Waals surface area contributed by atoms with Crippen molar-refractivity contribution in [1.29, 1.82) is 0 Å². The minimum Gasteiger partial charge on any atom is -0.383 e. The minimum atomic E-state index is -4.55. The molecule has 1 saturated heterocycles. The van der Waals surface area contributed by atoms with Crippen molar-refractivity contribution in [3.63, 3.8) is 0 Å². The number of hydrogen-bond acceptors (Lipinski definition) is 5. The molecule has 0 radical (unpaired) electrons. The fourth-order valence-electron chi connectivity index (χ4n) is 4.96. The van der Waals surface area contributed by atoms with Crippen LogP contribution in [-0.2, 0) is 15.7 Å². The first-order valence-corrected chi connectivity index (χ1v) is 10.4. The average molecular weight is 422 g/mol. The van der Waals surface area contributed by atoms with Gasteiger partial charge < -0.3 is 15.2 Å². The van der Waals surface area contributed by atoms with E-state index in [0.29, 0.717) is 42.2 Å². The zero-order valence-electron chi connectivity index (χ0n) is 16.9. The van der Waals surface area contributed by atoms with Gasteiger partial charge in [0.25, 0.3) is 0 Å². The molecule has 5 rings (SSSR count). The number of anilines is 1. The molecular weight excluding hydrogens is 397 g/mol. The lowest BCUT2D eigenvalue weighted by Gasteiger charge is -2.30. The monoisotopic (exact) mass is 422 g/mol. The number of rotatable bonds is 5. The van der Waals surface area contributed by atoms with Crippen LogP contribution in [0.1, 0.15) is 49.9 Å². The van der Waals surface area contributed by atoms with Crippen molar-refractivity contribution >= 4 is 5.82 Å². The molecule has 2 aliphatic carbocycles. The first kappa shape index (κ1) is 19.8. The number of pyridine rings is 1. The summed E-state index contributed by atoms with van der Waals surface area (Å²) in [6.07, 6.45) is -0.627. The third-order valence-corrected chi connectivity index (χ3v) is 6.51. The Kier molecular flexibility index (Phi) is 4.59. The summed E-state index contributed by atoms with van der Waals surface area (Å²) in [4.78, 5) is 3.76. The van der Waals surface area contributed by atoms with Gasteiger partial charge in [-0.1, -0.05) is 0 Å². The summed E-state index contributed by atoms with van der Waals surface area (Å²) in [5.74, 6) is 0.964.